The number of rotatable bonds is 0. The fourth-order valence-electron chi connectivity index (χ4n) is 1.33. The van der Waals surface area contributed by atoms with Crippen LogP contribution in [-0.4, -0.2) is 16.7 Å². The van der Waals surface area contributed by atoms with Crippen molar-refractivity contribution in [1.29, 1.82) is 0 Å². The Hall–Kier alpha value is -2.18. The third-order valence-corrected chi connectivity index (χ3v) is 1.94. The normalized spacial score (nSPS) is 11.8. The van der Waals surface area contributed by atoms with Gasteiger partial charge in [0.2, 0.25) is 0 Å². The number of hydrogen-bond donors (Lipinski definition) is 1. The van der Waals surface area contributed by atoms with Crippen LogP contribution in [0.1, 0.15) is 20.7 Å². The van der Waals surface area contributed by atoms with E-state index < -0.39 is 0 Å². The van der Waals surface area contributed by atoms with E-state index in [9.17, 15) is 14.7 Å². The summed E-state index contributed by atoms with van der Waals surface area (Å²) >= 11 is 0. The third kappa shape index (κ3) is 3.13. The van der Waals surface area contributed by atoms with Gasteiger partial charge in [0.15, 0.2) is 11.6 Å². The van der Waals surface area contributed by atoms with Crippen molar-refractivity contribution in [2.75, 3.05) is 0 Å². The highest BCUT2D eigenvalue weighted by molar-refractivity contribution is 6.23. The van der Waals surface area contributed by atoms with Crippen molar-refractivity contribution < 1.29 is 33.0 Å². The number of ketones is 2. The molecule has 0 bridgehead atoms. The van der Waals surface area contributed by atoms with Gasteiger partial charge in [0.05, 0.1) is 5.56 Å². The average Bonchev–Trinajstić information content (AvgIpc) is 2.39. The summed E-state index contributed by atoms with van der Waals surface area (Å²) in [7, 11) is 0. The predicted octanol–water partition coefficient (Wildman–Crippen LogP) is 3.01. The summed E-state index contributed by atoms with van der Waals surface area (Å²) in [6.07, 6.45) is 2.38. The maximum absolute atomic E-state index is 11.3. The van der Waals surface area contributed by atoms with E-state index in [-0.39, 0.29) is 28.4 Å². The molecule has 0 atom stereocenters. The third-order valence-electron chi connectivity index (χ3n) is 1.94. The van der Waals surface area contributed by atoms with Crippen molar-refractivity contribution in [2.24, 2.45) is 0 Å². The number of halogens is 4. The van der Waals surface area contributed by atoms with E-state index in [0.29, 0.717) is 0 Å². The van der Waals surface area contributed by atoms with Gasteiger partial charge in [-0.25, -0.2) is 0 Å². The summed E-state index contributed by atoms with van der Waals surface area (Å²) in [5.41, 5.74) is 0.377. The average molecular weight is 250 g/mol. The number of allylic oxidation sites excluding steroid dienone is 2. The maximum atomic E-state index is 11.3. The highest BCUT2D eigenvalue weighted by Gasteiger charge is 2.21. The molecule has 0 heterocycles. The first-order chi connectivity index (χ1) is 8.20. The molecule has 0 aliphatic heterocycles. The largest absolute Gasteiger partial charge is 0.507 e. The van der Waals surface area contributed by atoms with E-state index in [0.717, 1.165) is 0 Å². The topological polar surface area (TPSA) is 54.4 Å². The smallest absolute Gasteiger partial charge is 0.190 e. The van der Waals surface area contributed by atoms with Crippen LogP contribution in [0.3, 0.4) is 0 Å². The Balaban J connectivity index is 0.000000581. The first-order valence-electron chi connectivity index (χ1n) is 4.07. The van der Waals surface area contributed by atoms with Crippen LogP contribution in [-0.2, 0) is 0 Å². The Morgan fingerprint density at radius 2 is 1.41 bits per heavy atom. The van der Waals surface area contributed by atoms with Gasteiger partial charge >= 0.3 is 0 Å². The summed E-state index contributed by atoms with van der Waals surface area (Å²) in [5, 5.41) is 9.34. The molecular formula is C10H6F4O3. The number of hydrogen-bond acceptors (Lipinski definition) is 3. The monoisotopic (exact) mass is 250 g/mol. The van der Waals surface area contributed by atoms with E-state index in [1.807, 2.05) is 0 Å². The van der Waals surface area contributed by atoms with Crippen LogP contribution in [0.25, 0.3) is 0 Å². The number of aromatic hydroxyl groups is 1. The summed E-state index contributed by atoms with van der Waals surface area (Å²) in [6, 6.07) is 4.46. The highest BCUT2D eigenvalue weighted by atomic mass is 20.0. The zero-order chi connectivity index (χ0) is 13.4. The van der Waals surface area contributed by atoms with Crippen molar-refractivity contribution in [2.45, 2.75) is 0 Å². The number of phenols is 1. The molecule has 1 aliphatic carbocycles. The zero-order valence-electron chi connectivity index (χ0n) is 8.16. The minimum absolute atomic E-state index is 0.106. The van der Waals surface area contributed by atoms with Crippen molar-refractivity contribution in [1.82, 2.24) is 0 Å². The zero-order valence-corrected chi connectivity index (χ0v) is 8.16. The van der Waals surface area contributed by atoms with Crippen molar-refractivity contribution >= 4 is 11.6 Å². The fraction of sp³-hybridized carbons (Fsp3) is 0. The van der Waals surface area contributed by atoms with Crippen molar-refractivity contribution in [3.63, 3.8) is 0 Å². The number of carbonyl (C=O) groups excluding carboxylic acids is 2. The van der Waals surface area contributed by atoms with Crippen LogP contribution in [0, 0.1) is 0 Å². The van der Waals surface area contributed by atoms with Gasteiger partial charge < -0.3 is 5.11 Å². The second kappa shape index (κ2) is 7.15. The molecule has 0 unspecified atom stereocenters. The van der Waals surface area contributed by atoms with E-state index in [4.69, 9.17) is 18.3 Å². The number of phenolic OH excluding ortho intramolecular Hbond substituents is 1. The molecule has 0 radical (unpaired) electrons. The molecule has 0 amide bonds. The molecule has 17 heavy (non-hydrogen) atoms. The molecule has 0 fully saturated rings. The first kappa shape index (κ1) is 14.8. The molecule has 3 nitrogen and oxygen atoms in total. The SMILES string of the molecule is FF.FF.O=C1C=CC(=O)c2c(O)cccc21. The maximum Gasteiger partial charge on any atom is 0.190 e. The van der Waals surface area contributed by atoms with E-state index in [2.05, 4.69) is 0 Å². The summed E-state index contributed by atoms with van der Waals surface area (Å²) < 4.78 is 32.0. The van der Waals surface area contributed by atoms with E-state index >= 15 is 0 Å². The number of fused-ring (bicyclic) bond motifs is 1. The molecule has 1 aliphatic rings. The highest BCUT2D eigenvalue weighted by Crippen LogP contribution is 2.25. The second-order valence-corrected chi connectivity index (χ2v) is 2.76. The molecule has 0 spiro atoms. The molecule has 1 N–H and O–H groups in total. The lowest BCUT2D eigenvalue weighted by Gasteiger charge is -2.09. The number of carbonyl (C=O) groups is 2. The molecule has 1 aromatic rings. The first-order valence-corrected chi connectivity index (χ1v) is 4.07. The Bertz CT molecular complexity index is 443. The Morgan fingerprint density at radius 3 is 1.94 bits per heavy atom. The van der Waals surface area contributed by atoms with Gasteiger partial charge in [-0.1, -0.05) is 12.1 Å². The molecule has 0 saturated heterocycles. The quantitative estimate of drug-likeness (QED) is 0.720. The Morgan fingerprint density at radius 1 is 0.882 bits per heavy atom. The van der Waals surface area contributed by atoms with Crippen LogP contribution in [0.2, 0.25) is 0 Å². The minimum atomic E-state index is -0.326. The van der Waals surface area contributed by atoms with E-state index in [1.165, 1.54) is 24.3 Å². The molecule has 1 aromatic carbocycles. The lowest BCUT2D eigenvalue weighted by Crippen LogP contribution is -2.11. The second-order valence-electron chi connectivity index (χ2n) is 2.76. The molecule has 0 aromatic heterocycles. The Labute approximate surface area is 92.7 Å². The summed E-state index contributed by atoms with van der Waals surface area (Å²) in [5.74, 6) is -0.710. The van der Waals surface area contributed by atoms with Crippen LogP contribution >= 0.6 is 0 Å². The lowest BCUT2D eigenvalue weighted by atomic mass is 9.94. The van der Waals surface area contributed by atoms with Crippen molar-refractivity contribution in [3.8, 4) is 5.75 Å². The lowest BCUT2D eigenvalue weighted by molar-refractivity contribution is 0.0991. The van der Waals surface area contributed by atoms with Crippen LogP contribution in [0.4, 0.5) is 18.3 Å². The number of benzene rings is 1. The molecule has 0 saturated carbocycles. The predicted molar refractivity (Wildman–Crippen MR) is 50.3 cm³/mol. The molecule has 92 valence electrons. The van der Waals surface area contributed by atoms with Gasteiger partial charge in [0.25, 0.3) is 0 Å². The Kier molecular flexibility index (Phi) is 6.24. The van der Waals surface area contributed by atoms with Crippen LogP contribution < -0.4 is 0 Å². The molecule has 7 heteroatoms. The van der Waals surface area contributed by atoms with Gasteiger partial charge in [0.1, 0.15) is 5.75 Å². The van der Waals surface area contributed by atoms with Crippen LogP contribution in [0.15, 0.2) is 30.4 Å². The van der Waals surface area contributed by atoms with Gasteiger partial charge in [-0.15, -0.1) is 0 Å². The van der Waals surface area contributed by atoms with Gasteiger partial charge in [0, 0.05) is 23.9 Å². The van der Waals surface area contributed by atoms with Gasteiger partial charge in [-0.05, 0) is 18.2 Å². The fourth-order valence-corrected chi connectivity index (χ4v) is 1.33. The van der Waals surface area contributed by atoms with Gasteiger partial charge in [-0.2, -0.15) is 0 Å². The van der Waals surface area contributed by atoms with Gasteiger partial charge in [-0.3, -0.25) is 9.59 Å². The van der Waals surface area contributed by atoms with Crippen LogP contribution in [0.5, 0.6) is 5.75 Å². The summed E-state index contributed by atoms with van der Waals surface area (Å²) in [4.78, 5) is 22.5. The molecule has 2 rings (SSSR count). The minimum Gasteiger partial charge on any atom is -0.507 e. The molecular weight excluding hydrogens is 244 g/mol. The standard InChI is InChI=1S/C10H6O3.2F2/c11-7-4-5-9(13)10-6(7)2-1-3-8(10)12;2*1-2/h1-5,12H;;. The van der Waals surface area contributed by atoms with Crippen molar-refractivity contribution in [3.05, 3.63) is 41.5 Å². The van der Waals surface area contributed by atoms with E-state index in [1.54, 1.807) is 6.07 Å². The summed E-state index contributed by atoms with van der Waals surface area (Å²) in [6.45, 7) is 0.